The molecule has 0 spiro atoms. The van der Waals surface area contributed by atoms with Crippen LogP contribution in [0.1, 0.15) is 11.1 Å². The lowest BCUT2D eigenvalue weighted by atomic mass is 9.84. The molecule has 0 bridgehead atoms. The molecule has 11 aromatic rings. The average molecular weight is 757 g/mol. The van der Waals surface area contributed by atoms with Crippen molar-refractivity contribution in [3.05, 3.63) is 230 Å². The Morgan fingerprint density at radius 2 is 0.678 bits per heavy atom. The summed E-state index contributed by atoms with van der Waals surface area (Å²) < 4.78 is 13.9. The fraction of sp³-hybridized carbons (Fsp3) is 0.0182. The molecular weight excluding hydrogens is 721 g/mol. The number of nitrogens with zero attached hydrogens (tertiary/aromatic N) is 2. The Morgan fingerprint density at radius 3 is 1.10 bits per heavy atom. The maximum atomic E-state index is 6.94. The number of para-hydroxylation sites is 4. The molecular formula is C55H36N2O2. The maximum Gasteiger partial charge on any atom is 0.180 e. The highest BCUT2D eigenvalue weighted by atomic mass is 16.4. The molecule has 0 saturated heterocycles. The van der Waals surface area contributed by atoms with Crippen LogP contribution in [0.15, 0.2) is 227 Å². The van der Waals surface area contributed by atoms with Gasteiger partial charge in [0.2, 0.25) is 0 Å². The van der Waals surface area contributed by atoms with Crippen molar-refractivity contribution in [1.29, 1.82) is 0 Å². The van der Waals surface area contributed by atoms with Crippen molar-refractivity contribution < 1.29 is 8.83 Å². The van der Waals surface area contributed by atoms with Gasteiger partial charge in [0, 0.05) is 33.3 Å². The molecule has 3 heterocycles. The number of benzene rings is 9. The summed E-state index contributed by atoms with van der Waals surface area (Å²) in [6, 6.07) is 78.1. The zero-order valence-electron chi connectivity index (χ0n) is 32.0. The largest absolute Gasteiger partial charge is 0.452 e. The molecule has 0 radical (unpaired) electrons. The van der Waals surface area contributed by atoms with Gasteiger partial charge in [-0.25, -0.2) is 0 Å². The van der Waals surface area contributed by atoms with E-state index in [9.17, 15) is 0 Å². The molecule has 0 unspecified atom stereocenters. The lowest BCUT2D eigenvalue weighted by Gasteiger charge is -2.47. The molecule has 4 heteroatoms. The van der Waals surface area contributed by atoms with E-state index in [4.69, 9.17) is 8.83 Å². The molecule has 59 heavy (non-hydrogen) atoms. The van der Waals surface area contributed by atoms with Gasteiger partial charge in [0.15, 0.2) is 16.8 Å². The first-order valence-electron chi connectivity index (χ1n) is 20.1. The smallest absolute Gasteiger partial charge is 0.180 e. The summed E-state index contributed by atoms with van der Waals surface area (Å²) in [6.45, 7) is 0. The zero-order chi connectivity index (χ0) is 38.9. The minimum atomic E-state index is -1.00. The third kappa shape index (κ3) is 4.90. The van der Waals surface area contributed by atoms with Gasteiger partial charge in [-0.15, -0.1) is 0 Å². The zero-order valence-corrected chi connectivity index (χ0v) is 32.0. The second-order valence-electron chi connectivity index (χ2n) is 15.2. The standard InChI is InChI=1S/C55H36N2O2/c1-5-19-37(20-6-1)39-23-17-25-41(35-39)55(42-26-18-24-40(36-42)38-21-7-2-8-22-38)56(43-27-9-3-10-28-43)51-49-45-31-13-15-33-47(45)58-53(49)54-50(46-32-14-16-34-48(46)59-54)52(51)57(55)44-29-11-4-12-30-44/h1-36H. The van der Waals surface area contributed by atoms with Gasteiger partial charge in [-0.1, -0.05) is 170 Å². The van der Waals surface area contributed by atoms with Gasteiger partial charge >= 0.3 is 0 Å². The first kappa shape index (κ1) is 33.3. The molecule has 2 aromatic heterocycles. The molecule has 278 valence electrons. The Labute approximate surface area is 341 Å². The molecule has 1 aliphatic heterocycles. The molecule has 0 atom stereocenters. The van der Waals surface area contributed by atoms with Crippen molar-refractivity contribution in [2.75, 3.05) is 9.80 Å². The molecule has 0 amide bonds. The van der Waals surface area contributed by atoms with Crippen LogP contribution in [0.4, 0.5) is 22.7 Å². The van der Waals surface area contributed by atoms with Crippen molar-refractivity contribution in [3.63, 3.8) is 0 Å². The van der Waals surface area contributed by atoms with E-state index in [1.165, 1.54) is 0 Å². The Bertz CT molecular complexity index is 3110. The van der Waals surface area contributed by atoms with Crippen LogP contribution in [0.5, 0.6) is 0 Å². The van der Waals surface area contributed by atoms with Crippen LogP contribution in [-0.4, -0.2) is 0 Å². The monoisotopic (exact) mass is 756 g/mol. The van der Waals surface area contributed by atoms with Gasteiger partial charge in [0.25, 0.3) is 0 Å². The van der Waals surface area contributed by atoms with Gasteiger partial charge in [0.05, 0.1) is 22.1 Å². The predicted molar refractivity (Wildman–Crippen MR) is 243 cm³/mol. The Balaban J connectivity index is 1.34. The van der Waals surface area contributed by atoms with Crippen LogP contribution in [0.25, 0.3) is 66.1 Å². The predicted octanol–water partition coefficient (Wildman–Crippen LogP) is 15.0. The van der Waals surface area contributed by atoms with E-state index in [0.717, 1.165) is 100 Å². The quantitative estimate of drug-likeness (QED) is 0.169. The Kier molecular flexibility index (Phi) is 7.41. The molecule has 0 N–H and O–H groups in total. The molecule has 12 rings (SSSR count). The third-order valence-corrected chi connectivity index (χ3v) is 12.0. The van der Waals surface area contributed by atoms with Gasteiger partial charge in [-0.3, -0.25) is 0 Å². The lowest BCUT2D eigenvalue weighted by molar-refractivity contribution is 0.561. The number of furan rings is 2. The summed E-state index contributed by atoms with van der Waals surface area (Å²) in [6.07, 6.45) is 0. The van der Waals surface area contributed by atoms with E-state index in [0.29, 0.717) is 0 Å². The van der Waals surface area contributed by atoms with Crippen LogP contribution in [0.3, 0.4) is 0 Å². The van der Waals surface area contributed by atoms with Crippen LogP contribution < -0.4 is 9.80 Å². The van der Waals surface area contributed by atoms with Gasteiger partial charge in [-0.2, -0.15) is 0 Å². The van der Waals surface area contributed by atoms with Gasteiger partial charge in [-0.05, 0) is 70.8 Å². The van der Waals surface area contributed by atoms with Crippen LogP contribution in [0.2, 0.25) is 0 Å². The summed E-state index contributed by atoms with van der Waals surface area (Å²) in [5.74, 6) is 0. The Morgan fingerprint density at radius 1 is 0.322 bits per heavy atom. The number of rotatable bonds is 6. The summed E-state index contributed by atoms with van der Waals surface area (Å²) in [4.78, 5) is 5.16. The number of hydrogen-bond donors (Lipinski definition) is 0. The van der Waals surface area contributed by atoms with Crippen molar-refractivity contribution in [1.82, 2.24) is 0 Å². The van der Waals surface area contributed by atoms with Gasteiger partial charge < -0.3 is 18.6 Å². The summed E-state index contributed by atoms with van der Waals surface area (Å²) >= 11 is 0. The normalized spacial score (nSPS) is 13.5. The molecule has 0 saturated carbocycles. The van der Waals surface area contributed by atoms with Crippen molar-refractivity contribution in [2.45, 2.75) is 5.66 Å². The molecule has 0 aliphatic carbocycles. The molecule has 0 fully saturated rings. The Hall–Kier alpha value is -7.82. The third-order valence-electron chi connectivity index (χ3n) is 12.0. The van der Waals surface area contributed by atoms with E-state index >= 15 is 0 Å². The second-order valence-corrected chi connectivity index (χ2v) is 15.2. The molecule has 1 aliphatic rings. The average Bonchev–Trinajstić information content (AvgIpc) is 3.99. The summed E-state index contributed by atoms with van der Waals surface area (Å²) in [7, 11) is 0. The lowest BCUT2D eigenvalue weighted by Crippen LogP contribution is -2.51. The minimum Gasteiger partial charge on any atom is -0.452 e. The van der Waals surface area contributed by atoms with Crippen LogP contribution >= 0.6 is 0 Å². The topological polar surface area (TPSA) is 32.8 Å². The highest BCUT2D eigenvalue weighted by molar-refractivity contribution is 6.32. The molecule has 4 nitrogen and oxygen atoms in total. The van der Waals surface area contributed by atoms with Crippen molar-refractivity contribution in [2.24, 2.45) is 0 Å². The summed E-state index contributed by atoms with van der Waals surface area (Å²) in [5, 5.41) is 4.07. The fourth-order valence-corrected chi connectivity index (χ4v) is 9.54. The van der Waals surface area contributed by atoms with E-state index < -0.39 is 5.66 Å². The first-order valence-corrected chi connectivity index (χ1v) is 20.1. The minimum absolute atomic E-state index is 0.733. The highest BCUT2D eigenvalue weighted by Crippen LogP contribution is 2.65. The number of fused-ring (bicyclic) bond motifs is 10. The van der Waals surface area contributed by atoms with Crippen LogP contribution in [-0.2, 0) is 5.66 Å². The number of anilines is 4. The van der Waals surface area contributed by atoms with Gasteiger partial charge in [0.1, 0.15) is 11.2 Å². The maximum absolute atomic E-state index is 6.94. The number of hydrogen-bond acceptors (Lipinski definition) is 4. The van der Waals surface area contributed by atoms with Crippen molar-refractivity contribution >= 4 is 66.6 Å². The fourth-order valence-electron chi connectivity index (χ4n) is 9.54. The van der Waals surface area contributed by atoms with Crippen LogP contribution in [0, 0.1) is 0 Å². The van der Waals surface area contributed by atoms with E-state index in [2.05, 4.69) is 216 Å². The highest BCUT2D eigenvalue weighted by Gasteiger charge is 2.56. The van der Waals surface area contributed by atoms with E-state index in [1.807, 2.05) is 12.1 Å². The van der Waals surface area contributed by atoms with E-state index in [-0.39, 0.29) is 0 Å². The SMILES string of the molecule is c1ccc(-c2cccc(C3(c4cccc(-c5ccccc5)c4)N(c4ccccc4)c4c(c5c6ccccc6oc5c5oc6ccccc6c45)N3c3ccccc3)c2)cc1. The van der Waals surface area contributed by atoms with Crippen molar-refractivity contribution in [3.8, 4) is 22.3 Å². The first-order chi connectivity index (χ1) is 29.3. The molecule has 9 aromatic carbocycles. The second kappa shape index (κ2) is 13.1. The summed E-state index contributed by atoms with van der Waals surface area (Å²) in [5.41, 5.74) is 13.1. The van der Waals surface area contributed by atoms with E-state index in [1.54, 1.807) is 0 Å².